The van der Waals surface area contributed by atoms with Crippen LogP contribution in [0.4, 0.5) is 0 Å². The molecule has 1 aliphatic rings. The molecule has 2 heterocycles. The maximum Gasteiger partial charge on any atom is 0.166 e. The second kappa shape index (κ2) is 9.02. The third-order valence-corrected chi connectivity index (χ3v) is 4.04. The van der Waals surface area contributed by atoms with E-state index in [4.69, 9.17) is 21.4 Å². The van der Waals surface area contributed by atoms with Crippen LogP contribution in [0.15, 0.2) is 22.8 Å². The van der Waals surface area contributed by atoms with E-state index in [0.717, 1.165) is 31.9 Å². The van der Waals surface area contributed by atoms with E-state index in [9.17, 15) is 0 Å². The predicted molar refractivity (Wildman–Crippen MR) is 87.4 cm³/mol. The smallest absolute Gasteiger partial charge is 0.166 e. The summed E-state index contributed by atoms with van der Waals surface area (Å²) >= 11 is 5.29. The van der Waals surface area contributed by atoms with Crippen LogP contribution in [0, 0.1) is 0 Å². The van der Waals surface area contributed by atoms with Gasteiger partial charge in [0.05, 0.1) is 18.9 Å². The van der Waals surface area contributed by atoms with E-state index in [-0.39, 0.29) is 6.04 Å². The Labute approximate surface area is 132 Å². The Hall–Kier alpha value is -1.11. The van der Waals surface area contributed by atoms with Crippen molar-refractivity contribution in [1.82, 2.24) is 15.5 Å². The fourth-order valence-electron chi connectivity index (χ4n) is 2.64. The SMILES string of the molecule is COCCNC(=S)NC[C@@H](c1ccco1)N1CCCCC1. The molecular formula is C15H25N3O2S. The van der Waals surface area contributed by atoms with Crippen LogP contribution in [0.3, 0.4) is 0 Å². The van der Waals surface area contributed by atoms with Crippen LogP contribution in [-0.2, 0) is 4.74 Å². The number of hydrogen-bond acceptors (Lipinski definition) is 4. The molecule has 1 atom stereocenters. The highest BCUT2D eigenvalue weighted by atomic mass is 32.1. The van der Waals surface area contributed by atoms with Gasteiger partial charge in [0.2, 0.25) is 0 Å². The van der Waals surface area contributed by atoms with E-state index < -0.39 is 0 Å². The standard InChI is InChI=1S/C15H25N3O2S/c1-19-11-7-16-15(21)17-12-13(14-6-5-10-20-14)18-8-3-2-4-9-18/h5-6,10,13H,2-4,7-9,11-12H2,1H3,(H2,16,17,21)/t13-/m0/s1. The summed E-state index contributed by atoms with van der Waals surface area (Å²) in [5.74, 6) is 1.00. The van der Waals surface area contributed by atoms with Gasteiger partial charge in [0, 0.05) is 20.2 Å². The fraction of sp³-hybridized carbons (Fsp3) is 0.667. The summed E-state index contributed by atoms with van der Waals surface area (Å²) in [6, 6.07) is 4.23. The number of nitrogens with one attached hydrogen (secondary N) is 2. The first-order valence-electron chi connectivity index (χ1n) is 7.59. The van der Waals surface area contributed by atoms with Crippen LogP contribution in [0.1, 0.15) is 31.1 Å². The average molecular weight is 311 g/mol. The van der Waals surface area contributed by atoms with Crippen LogP contribution in [0.25, 0.3) is 0 Å². The molecule has 0 amide bonds. The van der Waals surface area contributed by atoms with Gasteiger partial charge >= 0.3 is 0 Å². The van der Waals surface area contributed by atoms with Gasteiger partial charge in [-0.15, -0.1) is 0 Å². The quantitative estimate of drug-likeness (QED) is 0.593. The first kappa shape index (κ1) is 16.3. The van der Waals surface area contributed by atoms with Crippen molar-refractivity contribution in [3.05, 3.63) is 24.2 Å². The van der Waals surface area contributed by atoms with Crippen LogP contribution in [-0.4, -0.2) is 49.9 Å². The largest absolute Gasteiger partial charge is 0.468 e. The summed E-state index contributed by atoms with van der Waals surface area (Å²) in [5.41, 5.74) is 0. The molecule has 0 bridgehead atoms. The lowest BCUT2D eigenvalue weighted by molar-refractivity contribution is 0.146. The van der Waals surface area contributed by atoms with Gasteiger partial charge in [-0.05, 0) is 50.3 Å². The number of likely N-dealkylation sites (tertiary alicyclic amines) is 1. The van der Waals surface area contributed by atoms with E-state index in [1.54, 1.807) is 13.4 Å². The van der Waals surface area contributed by atoms with Crippen LogP contribution in [0.2, 0.25) is 0 Å². The Bertz CT molecular complexity index is 405. The number of thiocarbonyl (C=S) groups is 1. The molecule has 1 fully saturated rings. The van der Waals surface area contributed by atoms with Crippen molar-refractivity contribution >= 4 is 17.3 Å². The molecule has 1 aromatic rings. The number of furan rings is 1. The minimum Gasteiger partial charge on any atom is -0.468 e. The number of rotatable bonds is 7. The lowest BCUT2D eigenvalue weighted by Gasteiger charge is -2.33. The molecule has 0 aromatic carbocycles. The molecule has 0 saturated carbocycles. The maximum atomic E-state index is 5.61. The number of hydrogen-bond donors (Lipinski definition) is 2. The third kappa shape index (κ3) is 5.30. The summed E-state index contributed by atoms with van der Waals surface area (Å²) in [6.45, 7) is 4.37. The molecule has 0 radical (unpaired) electrons. The van der Waals surface area contributed by atoms with E-state index in [2.05, 4.69) is 15.5 Å². The molecule has 1 saturated heterocycles. The topological polar surface area (TPSA) is 49.7 Å². The van der Waals surface area contributed by atoms with Crippen LogP contribution < -0.4 is 10.6 Å². The van der Waals surface area contributed by atoms with Gasteiger partial charge in [0.1, 0.15) is 5.76 Å². The van der Waals surface area contributed by atoms with Gasteiger partial charge in [-0.2, -0.15) is 0 Å². The Morgan fingerprint density at radius 2 is 2.19 bits per heavy atom. The molecule has 2 rings (SSSR count). The Kier molecular flexibility index (Phi) is 6.99. The second-order valence-electron chi connectivity index (χ2n) is 5.26. The number of nitrogens with zero attached hydrogens (tertiary/aromatic N) is 1. The number of ether oxygens (including phenoxy) is 1. The molecule has 1 aromatic heterocycles. The fourth-order valence-corrected chi connectivity index (χ4v) is 2.82. The molecule has 0 unspecified atom stereocenters. The van der Waals surface area contributed by atoms with Crippen molar-refractivity contribution in [3.8, 4) is 0 Å². The zero-order chi connectivity index (χ0) is 14.9. The second-order valence-corrected chi connectivity index (χ2v) is 5.67. The lowest BCUT2D eigenvalue weighted by Crippen LogP contribution is -2.44. The molecule has 0 aliphatic carbocycles. The number of piperidine rings is 1. The summed E-state index contributed by atoms with van der Waals surface area (Å²) in [4.78, 5) is 2.48. The molecule has 0 spiro atoms. The molecule has 2 N–H and O–H groups in total. The normalized spacial score (nSPS) is 17.4. The van der Waals surface area contributed by atoms with E-state index >= 15 is 0 Å². The first-order valence-corrected chi connectivity index (χ1v) is 8.00. The summed E-state index contributed by atoms with van der Waals surface area (Å²) in [5, 5.41) is 7.09. The van der Waals surface area contributed by atoms with Gasteiger partial charge in [-0.1, -0.05) is 6.42 Å². The highest BCUT2D eigenvalue weighted by Gasteiger charge is 2.24. The maximum absolute atomic E-state index is 5.61. The summed E-state index contributed by atoms with van der Waals surface area (Å²) in [7, 11) is 1.68. The average Bonchev–Trinajstić information content (AvgIpc) is 3.03. The highest BCUT2D eigenvalue weighted by Crippen LogP contribution is 2.24. The third-order valence-electron chi connectivity index (χ3n) is 3.75. The van der Waals surface area contributed by atoms with Gasteiger partial charge in [-0.25, -0.2) is 0 Å². The Morgan fingerprint density at radius 3 is 2.86 bits per heavy atom. The van der Waals surface area contributed by atoms with Gasteiger partial charge in [-0.3, -0.25) is 4.90 Å². The van der Waals surface area contributed by atoms with E-state index in [0.29, 0.717) is 11.7 Å². The summed E-state index contributed by atoms with van der Waals surface area (Å²) in [6.07, 6.45) is 5.58. The van der Waals surface area contributed by atoms with Gasteiger partial charge < -0.3 is 19.8 Å². The van der Waals surface area contributed by atoms with Crippen LogP contribution >= 0.6 is 12.2 Å². The molecule has 5 nitrogen and oxygen atoms in total. The van der Waals surface area contributed by atoms with E-state index in [1.165, 1.54) is 19.3 Å². The molecular weight excluding hydrogens is 286 g/mol. The first-order chi connectivity index (χ1) is 10.3. The van der Waals surface area contributed by atoms with E-state index in [1.807, 2.05) is 12.1 Å². The Morgan fingerprint density at radius 1 is 1.38 bits per heavy atom. The zero-order valence-corrected chi connectivity index (χ0v) is 13.5. The van der Waals surface area contributed by atoms with Gasteiger partial charge in [0.25, 0.3) is 0 Å². The highest BCUT2D eigenvalue weighted by molar-refractivity contribution is 7.80. The van der Waals surface area contributed by atoms with Crippen molar-refractivity contribution in [2.75, 3.05) is 39.9 Å². The van der Waals surface area contributed by atoms with Crippen molar-refractivity contribution < 1.29 is 9.15 Å². The molecule has 1 aliphatic heterocycles. The Balaban J connectivity index is 1.86. The summed E-state index contributed by atoms with van der Waals surface area (Å²) < 4.78 is 10.6. The molecule has 118 valence electrons. The van der Waals surface area contributed by atoms with Crippen molar-refractivity contribution in [1.29, 1.82) is 0 Å². The van der Waals surface area contributed by atoms with Gasteiger partial charge in [0.15, 0.2) is 5.11 Å². The van der Waals surface area contributed by atoms with Crippen molar-refractivity contribution in [3.63, 3.8) is 0 Å². The lowest BCUT2D eigenvalue weighted by atomic mass is 10.1. The molecule has 6 heteroatoms. The monoisotopic (exact) mass is 311 g/mol. The van der Waals surface area contributed by atoms with Crippen molar-refractivity contribution in [2.45, 2.75) is 25.3 Å². The molecule has 21 heavy (non-hydrogen) atoms. The zero-order valence-electron chi connectivity index (χ0n) is 12.6. The number of methoxy groups -OCH3 is 1. The van der Waals surface area contributed by atoms with Crippen LogP contribution in [0.5, 0.6) is 0 Å². The minimum atomic E-state index is 0.238. The minimum absolute atomic E-state index is 0.238. The predicted octanol–water partition coefficient (Wildman–Crippen LogP) is 1.92. The van der Waals surface area contributed by atoms with Crippen molar-refractivity contribution in [2.24, 2.45) is 0 Å².